The number of aromatic nitrogens is 1. The molecule has 10 heteroatoms. The molecule has 0 saturated carbocycles. The fourth-order valence-electron chi connectivity index (χ4n) is 3.47. The van der Waals surface area contributed by atoms with Crippen molar-refractivity contribution in [3.8, 4) is 10.6 Å². The number of carbonyl (C=O) groups excluding carboxylic acids is 1. The first-order valence-electron chi connectivity index (χ1n) is 10.3. The molecular weight excluding hydrogens is 464 g/mol. The summed E-state index contributed by atoms with van der Waals surface area (Å²) in [5, 5.41) is 7.54. The first-order chi connectivity index (χ1) is 15.3. The largest absolute Gasteiger partial charge is 0.362 e. The van der Waals surface area contributed by atoms with Crippen molar-refractivity contribution in [1.82, 2.24) is 9.88 Å². The van der Waals surface area contributed by atoms with Crippen LogP contribution in [0.1, 0.15) is 41.0 Å². The van der Waals surface area contributed by atoms with Gasteiger partial charge in [0.1, 0.15) is 15.7 Å². The molecule has 1 aliphatic heterocycles. The van der Waals surface area contributed by atoms with E-state index in [4.69, 9.17) is 0 Å². The van der Waals surface area contributed by atoms with Gasteiger partial charge in [-0.05, 0) is 49.4 Å². The fraction of sp³-hybridized carbons (Fsp3) is 0.318. The maximum absolute atomic E-state index is 12.9. The Kier molecular flexibility index (Phi) is 6.73. The van der Waals surface area contributed by atoms with E-state index in [1.807, 2.05) is 28.8 Å². The number of likely N-dealkylation sites (tertiary alicyclic amines) is 1. The van der Waals surface area contributed by atoms with Crippen molar-refractivity contribution in [2.24, 2.45) is 4.40 Å². The molecule has 1 aromatic carbocycles. The molecule has 4 rings (SSSR count). The first kappa shape index (κ1) is 22.6. The van der Waals surface area contributed by atoms with E-state index in [1.165, 1.54) is 23.5 Å². The van der Waals surface area contributed by atoms with Gasteiger partial charge in [0.25, 0.3) is 15.9 Å². The van der Waals surface area contributed by atoms with Gasteiger partial charge in [0.05, 0.1) is 10.6 Å². The minimum absolute atomic E-state index is 0.0560. The molecule has 1 fully saturated rings. The van der Waals surface area contributed by atoms with E-state index < -0.39 is 10.0 Å². The Morgan fingerprint density at radius 1 is 1.22 bits per heavy atom. The van der Waals surface area contributed by atoms with Gasteiger partial charge in [0, 0.05) is 36.6 Å². The van der Waals surface area contributed by atoms with Crippen LogP contribution >= 0.6 is 22.7 Å². The molecule has 0 aliphatic carbocycles. The number of benzene rings is 1. The summed E-state index contributed by atoms with van der Waals surface area (Å²) >= 11 is 2.89. The van der Waals surface area contributed by atoms with Crippen LogP contribution in [0.25, 0.3) is 10.6 Å². The van der Waals surface area contributed by atoms with E-state index in [1.54, 1.807) is 30.4 Å². The van der Waals surface area contributed by atoms with Gasteiger partial charge >= 0.3 is 0 Å². The Labute approximate surface area is 195 Å². The standard InChI is InChI=1S/C22H24N4O3S3/c1-15-20(31-22(23-15)16-10-12-30-14-16)21(27)24-17-7-6-8-18(13-17)32(28,29)25-19-9-4-3-5-11-26(19)2/h6-8,10,12-14H,3-5,9,11H2,1-2H3,(H,24,27)/b25-19+. The highest BCUT2D eigenvalue weighted by molar-refractivity contribution is 7.90. The number of amidine groups is 1. The van der Waals surface area contributed by atoms with E-state index >= 15 is 0 Å². The lowest BCUT2D eigenvalue weighted by molar-refractivity contribution is 0.102. The van der Waals surface area contributed by atoms with E-state index in [-0.39, 0.29) is 10.8 Å². The summed E-state index contributed by atoms with van der Waals surface area (Å²) in [6.07, 6.45) is 3.66. The number of hydrogen-bond acceptors (Lipinski definition) is 6. The number of hydrogen-bond donors (Lipinski definition) is 1. The second-order valence-electron chi connectivity index (χ2n) is 7.64. The monoisotopic (exact) mass is 488 g/mol. The van der Waals surface area contributed by atoms with E-state index in [2.05, 4.69) is 14.7 Å². The minimum Gasteiger partial charge on any atom is -0.362 e. The molecule has 1 saturated heterocycles. The van der Waals surface area contributed by atoms with E-state index in [0.29, 0.717) is 28.5 Å². The van der Waals surface area contributed by atoms with Crippen LogP contribution < -0.4 is 5.32 Å². The molecular formula is C22H24N4O3S3. The Hall–Kier alpha value is -2.56. The number of rotatable bonds is 5. The number of sulfonamides is 1. The molecule has 2 aromatic heterocycles. The second kappa shape index (κ2) is 9.51. The molecule has 0 bridgehead atoms. The summed E-state index contributed by atoms with van der Waals surface area (Å²) in [6.45, 7) is 2.59. The Morgan fingerprint density at radius 3 is 2.84 bits per heavy atom. The van der Waals surface area contributed by atoms with Crippen LogP contribution in [0.5, 0.6) is 0 Å². The number of thiophene rings is 1. The SMILES string of the molecule is Cc1nc(-c2ccsc2)sc1C(=O)Nc1cccc(S(=O)(=O)/N=C2\CCCCCN2C)c1. The third kappa shape index (κ3) is 5.08. The van der Waals surface area contributed by atoms with Crippen molar-refractivity contribution < 1.29 is 13.2 Å². The molecule has 3 aromatic rings. The van der Waals surface area contributed by atoms with Gasteiger partial charge in [-0.1, -0.05) is 12.5 Å². The lowest BCUT2D eigenvalue weighted by Gasteiger charge is -2.17. The van der Waals surface area contributed by atoms with Gasteiger partial charge in [-0.15, -0.1) is 15.7 Å². The Balaban J connectivity index is 1.55. The highest BCUT2D eigenvalue weighted by Crippen LogP contribution is 2.30. The zero-order chi connectivity index (χ0) is 22.7. The van der Waals surface area contributed by atoms with Crippen LogP contribution in [-0.4, -0.2) is 43.6 Å². The van der Waals surface area contributed by atoms with Crippen LogP contribution in [0.15, 0.2) is 50.4 Å². The molecule has 0 radical (unpaired) electrons. The summed E-state index contributed by atoms with van der Waals surface area (Å²) in [6, 6.07) is 8.18. The van der Waals surface area contributed by atoms with Crippen molar-refractivity contribution in [1.29, 1.82) is 0 Å². The first-order valence-corrected chi connectivity index (χ1v) is 13.5. The van der Waals surface area contributed by atoms with Gasteiger partial charge < -0.3 is 10.2 Å². The number of nitrogens with zero attached hydrogens (tertiary/aromatic N) is 3. The molecule has 7 nitrogen and oxygen atoms in total. The number of amides is 1. The third-order valence-electron chi connectivity index (χ3n) is 5.22. The van der Waals surface area contributed by atoms with E-state index in [0.717, 1.165) is 36.4 Å². The zero-order valence-corrected chi connectivity index (χ0v) is 20.3. The minimum atomic E-state index is -3.88. The summed E-state index contributed by atoms with van der Waals surface area (Å²) in [4.78, 5) is 19.8. The summed E-state index contributed by atoms with van der Waals surface area (Å²) in [5.41, 5.74) is 2.02. The summed E-state index contributed by atoms with van der Waals surface area (Å²) in [5.74, 6) is 0.268. The Morgan fingerprint density at radius 2 is 2.06 bits per heavy atom. The topological polar surface area (TPSA) is 91.7 Å². The van der Waals surface area contributed by atoms with E-state index in [9.17, 15) is 13.2 Å². The smallest absolute Gasteiger partial charge is 0.284 e. The third-order valence-corrected chi connectivity index (χ3v) is 8.41. The van der Waals surface area contributed by atoms with Crippen molar-refractivity contribution in [2.45, 2.75) is 37.5 Å². The lowest BCUT2D eigenvalue weighted by Crippen LogP contribution is -2.26. The van der Waals surface area contributed by atoms with Gasteiger partial charge in [0.15, 0.2) is 0 Å². The highest BCUT2D eigenvalue weighted by Gasteiger charge is 2.20. The van der Waals surface area contributed by atoms with Crippen LogP contribution in [0.2, 0.25) is 0 Å². The molecule has 168 valence electrons. The van der Waals surface area contributed by atoms with Crippen LogP contribution in [-0.2, 0) is 10.0 Å². The van der Waals surface area contributed by atoms with Gasteiger partial charge in [-0.3, -0.25) is 4.79 Å². The Bertz CT molecular complexity index is 1250. The highest BCUT2D eigenvalue weighted by atomic mass is 32.2. The number of nitrogens with one attached hydrogen (secondary N) is 1. The van der Waals surface area contributed by atoms with Crippen molar-refractivity contribution in [3.05, 3.63) is 51.7 Å². The normalized spacial score (nSPS) is 16.2. The van der Waals surface area contributed by atoms with Gasteiger partial charge in [0.2, 0.25) is 0 Å². The van der Waals surface area contributed by atoms with Crippen molar-refractivity contribution in [3.63, 3.8) is 0 Å². The molecule has 0 atom stereocenters. The molecule has 1 aliphatic rings. The second-order valence-corrected chi connectivity index (χ2v) is 11.0. The molecule has 1 amide bonds. The predicted molar refractivity (Wildman–Crippen MR) is 130 cm³/mol. The number of anilines is 1. The average Bonchev–Trinajstić information content (AvgIpc) is 3.38. The number of thiazole rings is 1. The maximum atomic E-state index is 12.9. The van der Waals surface area contributed by atoms with Gasteiger partial charge in [-0.25, -0.2) is 4.98 Å². The van der Waals surface area contributed by atoms with Gasteiger partial charge in [-0.2, -0.15) is 19.8 Å². The fourth-order valence-corrected chi connectivity index (χ4v) is 6.29. The molecule has 1 N–H and O–H groups in total. The van der Waals surface area contributed by atoms with Crippen molar-refractivity contribution in [2.75, 3.05) is 18.9 Å². The predicted octanol–water partition coefficient (Wildman–Crippen LogP) is 5.03. The number of aryl methyl sites for hydroxylation is 1. The molecule has 32 heavy (non-hydrogen) atoms. The maximum Gasteiger partial charge on any atom is 0.284 e. The van der Waals surface area contributed by atoms with Crippen LogP contribution in [0.4, 0.5) is 5.69 Å². The summed E-state index contributed by atoms with van der Waals surface area (Å²) in [7, 11) is -2.01. The average molecular weight is 489 g/mol. The molecule has 0 spiro atoms. The quantitative estimate of drug-likeness (QED) is 0.544. The summed E-state index contributed by atoms with van der Waals surface area (Å²) < 4.78 is 29.9. The number of carbonyl (C=O) groups is 1. The zero-order valence-electron chi connectivity index (χ0n) is 17.9. The van der Waals surface area contributed by atoms with Crippen LogP contribution in [0.3, 0.4) is 0 Å². The molecule has 0 unspecified atom stereocenters. The van der Waals surface area contributed by atoms with Crippen LogP contribution in [0, 0.1) is 6.92 Å². The van der Waals surface area contributed by atoms with Crippen molar-refractivity contribution >= 4 is 50.1 Å². The lowest BCUT2D eigenvalue weighted by atomic mass is 10.2. The molecule has 3 heterocycles.